The lowest BCUT2D eigenvalue weighted by Gasteiger charge is -2.17. The minimum atomic E-state index is 0.170. The number of carbonyl (C=O) groups is 1. The highest BCUT2D eigenvalue weighted by Gasteiger charge is 2.38. The first-order valence-electron chi connectivity index (χ1n) is 6.47. The van der Waals surface area contributed by atoms with Gasteiger partial charge in [-0.25, -0.2) is 0 Å². The van der Waals surface area contributed by atoms with Crippen LogP contribution in [-0.2, 0) is 0 Å². The molecule has 2 atom stereocenters. The van der Waals surface area contributed by atoms with Crippen LogP contribution in [0.2, 0.25) is 0 Å². The molecule has 3 rings (SSSR count). The third-order valence-corrected chi connectivity index (χ3v) is 4.36. The van der Waals surface area contributed by atoms with E-state index >= 15 is 0 Å². The molecule has 4 nitrogen and oxygen atoms in total. The van der Waals surface area contributed by atoms with E-state index in [4.69, 9.17) is 0 Å². The largest absolute Gasteiger partial charge is 0.338 e. The van der Waals surface area contributed by atoms with Crippen LogP contribution in [0.15, 0.2) is 0 Å². The molecule has 0 radical (unpaired) electrons. The summed E-state index contributed by atoms with van der Waals surface area (Å²) < 4.78 is 0. The third kappa shape index (κ3) is 1.66. The molecule has 1 aromatic rings. The Morgan fingerprint density at radius 1 is 1.29 bits per heavy atom. The van der Waals surface area contributed by atoms with Gasteiger partial charge in [0.15, 0.2) is 0 Å². The smallest absolute Gasteiger partial charge is 0.257 e. The van der Waals surface area contributed by atoms with Crippen molar-refractivity contribution in [1.29, 1.82) is 0 Å². The van der Waals surface area contributed by atoms with Gasteiger partial charge in [-0.15, -0.1) is 0 Å². The Morgan fingerprint density at radius 3 is 2.47 bits per heavy atom. The van der Waals surface area contributed by atoms with E-state index in [1.165, 1.54) is 19.3 Å². The molecule has 2 heterocycles. The number of aromatic amines is 1. The van der Waals surface area contributed by atoms with Crippen LogP contribution in [0.1, 0.15) is 41.0 Å². The molecular weight excluding hydrogens is 214 g/mol. The lowest BCUT2D eigenvalue weighted by atomic mass is 10.0. The second kappa shape index (κ2) is 3.86. The van der Waals surface area contributed by atoms with E-state index in [-0.39, 0.29) is 5.91 Å². The Hall–Kier alpha value is -1.32. The van der Waals surface area contributed by atoms with Gasteiger partial charge in [0.2, 0.25) is 0 Å². The van der Waals surface area contributed by atoms with Crippen molar-refractivity contribution in [3.8, 4) is 0 Å². The predicted octanol–water partition coefficient (Wildman–Crippen LogP) is 1.90. The fourth-order valence-electron chi connectivity index (χ4n) is 3.42. The summed E-state index contributed by atoms with van der Waals surface area (Å²) in [5, 5.41) is 7.00. The fourth-order valence-corrected chi connectivity index (χ4v) is 3.42. The van der Waals surface area contributed by atoms with Gasteiger partial charge in [-0.3, -0.25) is 9.89 Å². The molecule has 2 unspecified atom stereocenters. The monoisotopic (exact) mass is 233 g/mol. The van der Waals surface area contributed by atoms with Gasteiger partial charge < -0.3 is 4.90 Å². The van der Waals surface area contributed by atoms with E-state index in [0.29, 0.717) is 0 Å². The summed E-state index contributed by atoms with van der Waals surface area (Å²) in [7, 11) is 0. The number of amides is 1. The minimum Gasteiger partial charge on any atom is -0.338 e. The van der Waals surface area contributed by atoms with Crippen LogP contribution < -0.4 is 0 Å². The zero-order valence-corrected chi connectivity index (χ0v) is 10.5. The second-order valence-electron chi connectivity index (χ2n) is 5.47. The summed E-state index contributed by atoms with van der Waals surface area (Å²) in [6, 6.07) is 0. The molecule has 4 heteroatoms. The van der Waals surface area contributed by atoms with Gasteiger partial charge in [0.1, 0.15) is 0 Å². The molecule has 1 aliphatic carbocycles. The third-order valence-electron chi connectivity index (χ3n) is 4.36. The summed E-state index contributed by atoms with van der Waals surface area (Å²) in [4.78, 5) is 14.5. The van der Waals surface area contributed by atoms with Crippen molar-refractivity contribution in [2.75, 3.05) is 13.1 Å². The Labute approximate surface area is 101 Å². The van der Waals surface area contributed by atoms with Crippen LogP contribution >= 0.6 is 0 Å². The van der Waals surface area contributed by atoms with Gasteiger partial charge in [0.25, 0.3) is 5.91 Å². The van der Waals surface area contributed by atoms with Crippen LogP contribution in [0.25, 0.3) is 0 Å². The maximum Gasteiger partial charge on any atom is 0.257 e. The Morgan fingerprint density at radius 2 is 1.94 bits per heavy atom. The summed E-state index contributed by atoms with van der Waals surface area (Å²) in [6.45, 7) is 5.72. The number of rotatable bonds is 1. The molecule has 1 amide bonds. The molecule has 1 aliphatic heterocycles. The van der Waals surface area contributed by atoms with Crippen LogP contribution in [0, 0.1) is 25.7 Å². The van der Waals surface area contributed by atoms with Crippen LogP contribution in [0.3, 0.4) is 0 Å². The van der Waals surface area contributed by atoms with E-state index in [1.54, 1.807) is 0 Å². The number of H-pyrrole nitrogens is 1. The molecule has 1 saturated heterocycles. The first kappa shape index (κ1) is 10.8. The van der Waals surface area contributed by atoms with E-state index in [2.05, 4.69) is 10.2 Å². The molecule has 92 valence electrons. The first-order chi connectivity index (χ1) is 8.16. The molecule has 17 heavy (non-hydrogen) atoms. The normalized spacial score (nSPS) is 27.5. The predicted molar refractivity (Wildman–Crippen MR) is 64.8 cm³/mol. The standard InChI is InChI=1S/C13H19N3O/c1-8-12(9(2)15-14-8)13(17)16-6-10-4-3-5-11(10)7-16/h10-11H,3-7H2,1-2H3,(H,14,15). The van der Waals surface area contributed by atoms with Crippen molar-refractivity contribution < 1.29 is 4.79 Å². The van der Waals surface area contributed by atoms with Gasteiger partial charge in [-0.2, -0.15) is 5.10 Å². The molecule has 0 bridgehead atoms. The van der Waals surface area contributed by atoms with E-state index in [0.717, 1.165) is 41.9 Å². The van der Waals surface area contributed by atoms with E-state index in [1.807, 2.05) is 18.7 Å². The average molecular weight is 233 g/mol. The number of carbonyl (C=O) groups excluding carboxylic acids is 1. The molecule has 1 saturated carbocycles. The van der Waals surface area contributed by atoms with Crippen molar-refractivity contribution in [3.05, 3.63) is 17.0 Å². The molecule has 0 aromatic carbocycles. The lowest BCUT2D eigenvalue weighted by molar-refractivity contribution is 0.0779. The van der Waals surface area contributed by atoms with Gasteiger partial charge in [-0.05, 0) is 38.5 Å². The fraction of sp³-hybridized carbons (Fsp3) is 0.692. The highest BCUT2D eigenvalue weighted by Crippen LogP contribution is 2.38. The molecule has 0 spiro atoms. The second-order valence-corrected chi connectivity index (χ2v) is 5.47. The quantitative estimate of drug-likeness (QED) is 0.805. The molecule has 2 fully saturated rings. The maximum atomic E-state index is 12.4. The van der Waals surface area contributed by atoms with Crippen molar-refractivity contribution in [2.24, 2.45) is 11.8 Å². The number of nitrogens with zero attached hydrogens (tertiary/aromatic N) is 2. The van der Waals surface area contributed by atoms with Crippen LogP contribution in [-0.4, -0.2) is 34.1 Å². The van der Waals surface area contributed by atoms with Crippen molar-refractivity contribution >= 4 is 5.91 Å². The number of hydrogen-bond acceptors (Lipinski definition) is 2. The zero-order chi connectivity index (χ0) is 12.0. The number of likely N-dealkylation sites (tertiary alicyclic amines) is 1. The Kier molecular flexibility index (Phi) is 2.45. The van der Waals surface area contributed by atoms with E-state index in [9.17, 15) is 4.79 Å². The number of aryl methyl sites for hydroxylation is 2. The molecular formula is C13H19N3O. The van der Waals surface area contributed by atoms with Crippen molar-refractivity contribution in [1.82, 2.24) is 15.1 Å². The summed E-state index contributed by atoms with van der Waals surface area (Å²) in [6.07, 6.45) is 3.96. The average Bonchev–Trinajstić information content (AvgIpc) is 2.92. The summed E-state index contributed by atoms with van der Waals surface area (Å²) in [5.74, 6) is 1.68. The van der Waals surface area contributed by atoms with Crippen LogP contribution in [0.5, 0.6) is 0 Å². The molecule has 1 aromatic heterocycles. The lowest BCUT2D eigenvalue weighted by Crippen LogP contribution is -2.30. The van der Waals surface area contributed by atoms with Crippen molar-refractivity contribution in [3.63, 3.8) is 0 Å². The maximum absolute atomic E-state index is 12.4. The van der Waals surface area contributed by atoms with Crippen LogP contribution in [0.4, 0.5) is 0 Å². The Bertz CT molecular complexity index is 420. The van der Waals surface area contributed by atoms with E-state index < -0.39 is 0 Å². The summed E-state index contributed by atoms with van der Waals surface area (Å²) in [5.41, 5.74) is 2.50. The Balaban J connectivity index is 1.80. The highest BCUT2D eigenvalue weighted by molar-refractivity contribution is 5.96. The number of aromatic nitrogens is 2. The van der Waals surface area contributed by atoms with Gasteiger partial charge in [-0.1, -0.05) is 6.42 Å². The van der Waals surface area contributed by atoms with Gasteiger partial charge in [0, 0.05) is 18.8 Å². The number of fused-ring (bicyclic) bond motifs is 1. The summed E-state index contributed by atoms with van der Waals surface area (Å²) >= 11 is 0. The zero-order valence-electron chi connectivity index (χ0n) is 10.5. The van der Waals surface area contributed by atoms with Crippen molar-refractivity contribution in [2.45, 2.75) is 33.1 Å². The minimum absolute atomic E-state index is 0.170. The topological polar surface area (TPSA) is 49.0 Å². The molecule has 1 N–H and O–H groups in total. The number of nitrogens with one attached hydrogen (secondary N) is 1. The molecule has 2 aliphatic rings. The first-order valence-corrected chi connectivity index (χ1v) is 6.47. The number of hydrogen-bond donors (Lipinski definition) is 1. The highest BCUT2D eigenvalue weighted by atomic mass is 16.2. The van der Waals surface area contributed by atoms with Gasteiger partial charge in [0.05, 0.1) is 11.3 Å². The SMILES string of the molecule is Cc1n[nH]c(C)c1C(=O)N1CC2CCCC2C1. The van der Waals surface area contributed by atoms with Gasteiger partial charge >= 0.3 is 0 Å².